The Kier molecular flexibility index (Phi) is 8.64. The van der Waals surface area contributed by atoms with E-state index in [-0.39, 0.29) is 0 Å². The molecule has 1 aliphatic heterocycles. The van der Waals surface area contributed by atoms with Crippen LogP contribution in [0.2, 0.25) is 0 Å². The van der Waals surface area contributed by atoms with Gasteiger partial charge in [-0.2, -0.15) is 0 Å². The topological polar surface area (TPSA) is 33.3 Å². The van der Waals surface area contributed by atoms with Crippen LogP contribution in [0.3, 0.4) is 0 Å². The number of hydrogen-bond acceptors (Lipinski definition) is 3. The maximum Gasteiger partial charge on any atom is 0.0615 e. The van der Waals surface area contributed by atoms with E-state index in [9.17, 15) is 0 Å². The van der Waals surface area contributed by atoms with Crippen LogP contribution in [0.25, 0.3) is 0 Å². The van der Waals surface area contributed by atoms with Crippen molar-refractivity contribution in [2.75, 3.05) is 20.3 Å². The van der Waals surface area contributed by atoms with Crippen LogP contribution in [0, 0.1) is 0 Å². The van der Waals surface area contributed by atoms with Crippen LogP contribution < -0.4 is 10.6 Å². The average molecular weight is 256 g/mol. The van der Waals surface area contributed by atoms with Crippen molar-refractivity contribution in [2.24, 2.45) is 0 Å². The van der Waals surface area contributed by atoms with Gasteiger partial charge in [-0.25, -0.2) is 0 Å². The summed E-state index contributed by atoms with van der Waals surface area (Å²) in [5.41, 5.74) is 0. The van der Waals surface area contributed by atoms with E-state index in [1.807, 2.05) is 0 Å². The molecule has 108 valence electrons. The third-order valence-electron chi connectivity index (χ3n) is 3.83. The molecule has 0 bridgehead atoms. The molecule has 3 heteroatoms. The molecule has 3 unspecified atom stereocenters. The lowest BCUT2D eigenvalue weighted by Crippen LogP contribution is -2.43. The van der Waals surface area contributed by atoms with Crippen LogP contribution in [0.1, 0.15) is 58.8 Å². The van der Waals surface area contributed by atoms with Crippen LogP contribution in [-0.2, 0) is 4.74 Å². The van der Waals surface area contributed by atoms with E-state index >= 15 is 0 Å². The summed E-state index contributed by atoms with van der Waals surface area (Å²) in [4.78, 5) is 0. The summed E-state index contributed by atoms with van der Waals surface area (Å²) in [7, 11) is 1.79. The third-order valence-corrected chi connectivity index (χ3v) is 3.83. The van der Waals surface area contributed by atoms with Gasteiger partial charge in [0.25, 0.3) is 0 Å². The second-order valence-electron chi connectivity index (χ2n) is 5.74. The van der Waals surface area contributed by atoms with E-state index < -0.39 is 0 Å². The summed E-state index contributed by atoms with van der Waals surface area (Å²) in [6.07, 6.45) is 9.14. The van der Waals surface area contributed by atoms with Gasteiger partial charge in [0.1, 0.15) is 0 Å². The zero-order valence-corrected chi connectivity index (χ0v) is 12.5. The highest BCUT2D eigenvalue weighted by molar-refractivity contribution is 4.78. The molecule has 0 aromatic carbocycles. The van der Waals surface area contributed by atoms with Crippen molar-refractivity contribution in [2.45, 2.75) is 76.9 Å². The predicted octanol–water partition coefficient (Wildman–Crippen LogP) is 2.70. The number of nitrogens with one attached hydrogen (secondary N) is 2. The van der Waals surface area contributed by atoms with E-state index in [4.69, 9.17) is 4.74 Å². The minimum Gasteiger partial charge on any atom is -0.383 e. The van der Waals surface area contributed by atoms with Gasteiger partial charge in [0.2, 0.25) is 0 Å². The van der Waals surface area contributed by atoms with Gasteiger partial charge in [-0.15, -0.1) is 0 Å². The first kappa shape index (κ1) is 15.9. The smallest absolute Gasteiger partial charge is 0.0615 e. The Morgan fingerprint density at radius 3 is 2.89 bits per heavy atom. The highest BCUT2D eigenvalue weighted by Crippen LogP contribution is 2.13. The van der Waals surface area contributed by atoms with Crippen molar-refractivity contribution in [3.05, 3.63) is 0 Å². The molecule has 0 aromatic heterocycles. The Morgan fingerprint density at radius 1 is 1.33 bits per heavy atom. The molecule has 3 atom stereocenters. The molecule has 0 radical (unpaired) electrons. The third kappa shape index (κ3) is 6.72. The summed E-state index contributed by atoms with van der Waals surface area (Å²) in [6, 6.07) is 1.80. The summed E-state index contributed by atoms with van der Waals surface area (Å²) < 4.78 is 5.29. The average Bonchev–Trinajstić information content (AvgIpc) is 2.58. The van der Waals surface area contributed by atoms with Crippen molar-refractivity contribution < 1.29 is 4.74 Å². The highest BCUT2D eigenvalue weighted by Gasteiger charge is 2.17. The minimum atomic E-state index is 0.515. The van der Waals surface area contributed by atoms with Crippen LogP contribution in [-0.4, -0.2) is 38.4 Å². The van der Waals surface area contributed by atoms with Crippen LogP contribution in [0.4, 0.5) is 0 Å². The van der Waals surface area contributed by atoms with Crippen LogP contribution in [0.15, 0.2) is 0 Å². The van der Waals surface area contributed by atoms with Gasteiger partial charge in [-0.1, -0.05) is 26.2 Å². The lowest BCUT2D eigenvalue weighted by molar-refractivity contribution is 0.155. The molecule has 0 aliphatic carbocycles. The quantitative estimate of drug-likeness (QED) is 0.700. The van der Waals surface area contributed by atoms with Crippen molar-refractivity contribution >= 4 is 0 Å². The monoisotopic (exact) mass is 256 g/mol. The Balaban J connectivity index is 2.26. The molecular formula is C15H32N2O. The largest absolute Gasteiger partial charge is 0.383 e. The van der Waals surface area contributed by atoms with Crippen molar-refractivity contribution in [3.8, 4) is 0 Å². The maximum atomic E-state index is 5.29. The first-order chi connectivity index (χ1) is 8.76. The number of hydrogen-bond donors (Lipinski definition) is 2. The highest BCUT2D eigenvalue weighted by atomic mass is 16.5. The first-order valence-corrected chi connectivity index (χ1v) is 7.74. The van der Waals surface area contributed by atoms with Crippen LogP contribution >= 0.6 is 0 Å². The van der Waals surface area contributed by atoms with Gasteiger partial charge < -0.3 is 15.4 Å². The van der Waals surface area contributed by atoms with E-state index in [0.717, 1.165) is 6.61 Å². The molecular weight excluding hydrogens is 224 g/mol. The number of rotatable bonds is 8. The van der Waals surface area contributed by atoms with Crippen LogP contribution in [0.5, 0.6) is 0 Å². The van der Waals surface area contributed by atoms with Crippen molar-refractivity contribution in [1.82, 2.24) is 10.6 Å². The summed E-state index contributed by atoms with van der Waals surface area (Å²) >= 11 is 0. The van der Waals surface area contributed by atoms with Gasteiger partial charge in [0.05, 0.1) is 6.61 Å². The second kappa shape index (κ2) is 9.76. The Bertz CT molecular complexity index is 181. The fourth-order valence-electron chi connectivity index (χ4n) is 2.96. The van der Waals surface area contributed by atoms with E-state index in [1.54, 1.807) is 7.11 Å². The van der Waals surface area contributed by atoms with E-state index in [2.05, 4.69) is 24.5 Å². The van der Waals surface area contributed by atoms with E-state index in [0.29, 0.717) is 18.1 Å². The molecule has 1 saturated heterocycles. The summed E-state index contributed by atoms with van der Waals surface area (Å²) in [5.74, 6) is 0. The second-order valence-corrected chi connectivity index (χ2v) is 5.74. The summed E-state index contributed by atoms with van der Waals surface area (Å²) in [6.45, 7) is 6.58. The Morgan fingerprint density at radius 2 is 2.17 bits per heavy atom. The Labute approximate surface area is 113 Å². The molecule has 1 aliphatic rings. The zero-order chi connectivity index (χ0) is 13.2. The van der Waals surface area contributed by atoms with Gasteiger partial charge >= 0.3 is 0 Å². The van der Waals surface area contributed by atoms with Gasteiger partial charge in [0.15, 0.2) is 0 Å². The molecule has 18 heavy (non-hydrogen) atoms. The lowest BCUT2D eigenvalue weighted by Gasteiger charge is -2.26. The first-order valence-electron chi connectivity index (χ1n) is 7.74. The van der Waals surface area contributed by atoms with Gasteiger partial charge in [-0.05, 0) is 39.2 Å². The molecule has 0 saturated carbocycles. The fraction of sp³-hybridized carbons (Fsp3) is 1.00. The van der Waals surface area contributed by atoms with Gasteiger partial charge in [-0.3, -0.25) is 0 Å². The fourth-order valence-corrected chi connectivity index (χ4v) is 2.96. The zero-order valence-electron chi connectivity index (χ0n) is 12.5. The molecule has 0 aromatic rings. The standard InChI is InChI=1S/C15H32N2O/c1-4-8-15(12-18-3)17-13(2)11-14-9-6-5-7-10-16-14/h13-17H,4-12H2,1-3H3. The van der Waals surface area contributed by atoms with Crippen molar-refractivity contribution in [3.63, 3.8) is 0 Å². The maximum absolute atomic E-state index is 5.29. The molecule has 1 fully saturated rings. The van der Waals surface area contributed by atoms with E-state index in [1.165, 1.54) is 51.5 Å². The molecule has 1 heterocycles. The summed E-state index contributed by atoms with van der Waals surface area (Å²) in [5, 5.41) is 7.40. The molecule has 2 N–H and O–H groups in total. The predicted molar refractivity (Wildman–Crippen MR) is 78.0 cm³/mol. The van der Waals surface area contributed by atoms with Gasteiger partial charge in [0, 0.05) is 25.2 Å². The SMILES string of the molecule is CCCC(COC)NC(C)CC1CCCCCN1. The number of methoxy groups -OCH3 is 1. The molecule has 1 rings (SSSR count). The number of ether oxygens (including phenoxy) is 1. The lowest BCUT2D eigenvalue weighted by atomic mass is 10.0. The van der Waals surface area contributed by atoms with Crippen molar-refractivity contribution in [1.29, 1.82) is 0 Å². The Hall–Kier alpha value is -0.120. The molecule has 3 nitrogen and oxygen atoms in total. The normalized spacial score (nSPS) is 24.5. The molecule has 0 spiro atoms. The minimum absolute atomic E-state index is 0.515. The molecule has 0 amide bonds.